The highest BCUT2D eigenvalue weighted by atomic mass is 35.5. The lowest BCUT2D eigenvalue weighted by Gasteiger charge is -2.06. The maximum absolute atomic E-state index is 9.38. The molecular formula is C9H12ClNO2. The number of hydrogen-bond acceptors (Lipinski definition) is 3. The van der Waals surface area contributed by atoms with Gasteiger partial charge in [-0.2, -0.15) is 0 Å². The third-order valence-corrected chi connectivity index (χ3v) is 2.20. The molecule has 0 aliphatic heterocycles. The van der Waals surface area contributed by atoms with Gasteiger partial charge in [0.15, 0.2) is 0 Å². The summed E-state index contributed by atoms with van der Waals surface area (Å²) in [5, 5.41) is 9.75. The maximum Gasteiger partial charge on any atom is 0.134 e. The summed E-state index contributed by atoms with van der Waals surface area (Å²) in [6, 6.07) is 3.52. The molecule has 0 saturated heterocycles. The van der Waals surface area contributed by atoms with Gasteiger partial charge in [-0.25, -0.2) is 5.90 Å². The fourth-order valence-corrected chi connectivity index (χ4v) is 1.38. The molecule has 1 aromatic carbocycles. The van der Waals surface area contributed by atoms with E-state index in [1.54, 1.807) is 6.07 Å². The number of phenols is 1. The number of nitrogens with two attached hydrogens (primary N) is 1. The zero-order valence-electron chi connectivity index (χ0n) is 7.38. The number of rotatable bonds is 3. The zero-order valence-corrected chi connectivity index (χ0v) is 8.14. The fourth-order valence-electron chi connectivity index (χ4n) is 1.17. The Morgan fingerprint density at radius 2 is 2.23 bits per heavy atom. The van der Waals surface area contributed by atoms with Crippen LogP contribution in [-0.2, 0) is 11.3 Å². The summed E-state index contributed by atoms with van der Waals surface area (Å²) >= 11 is 5.85. The monoisotopic (exact) mass is 201 g/mol. The largest absolute Gasteiger partial charge is 0.506 e. The highest BCUT2D eigenvalue weighted by Crippen LogP contribution is 2.28. The summed E-state index contributed by atoms with van der Waals surface area (Å²) < 4.78 is 0. The van der Waals surface area contributed by atoms with E-state index in [0.717, 1.165) is 11.1 Å². The molecule has 0 fully saturated rings. The smallest absolute Gasteiger partial charge is 0.134 e. The highest BCUT2D eigenvalue weighted by Gasteiger charge is 2.06. The molecule has 1 rings (SSSR count). The van der Waals surface area contributed by atoms with E-state index in [2.05, 4.69) is 4.84 Å². The molecule has 1 aromatic rings. The van der Waals surface area contributed by atoms with Crippen molar-refractivity contribution in [3.05, 3.63) is 28.3 Å². The summed E-state index contributed by atoms with van der Waals surface area (Å²) in [5.74, 6) is 5.00. The van der Waals surface area contributed by atoms with Gasteiger partial charge in [-0.15, -0.1) is 0 Å². The molecule has 0 aliphatic carbocycles. The van der Waals surface area contributed by atoms with Gasteiger partial charge in [0, 0.05) is 0 Å². The molecule has 3 N–H and O–H groups in total. The van der Waals surface area contributed by atoms with Gasteiger partial charge in [0.2, 0.25) is 0 Å². The van der Waals surface area contributed by atoms with Crippen LogP contribution in [0.1, 0.15) is 11.1 Å². The van der Waals surface area contributed by atoms with E-state index >= 15 is 0 Å². The number of aryl methyl sites for hydroxylation is 1. The Kier molecular flexibility index (Phi) is 3.54. The molecule has 0 amide bonds. The van der Waals surface area contributed by atoms with Crippen molar-refractivity contribution in [2.75, 3.05) is 6.61 Å². The molecule has 72 valence electrons. The molecule has 13 heavy (non-hydrogen) atoms. The van der Waals surface area contributed by atoms with Gasteiger partial charge < -0.3 is 9.94 Å². The first kappa shape index (κ1) is 10.3. The second-order valence-electron chi connectivity index (χ2n) is 2.88. The predicted molar refractivity (Wildman–Crippen MR) is 51.7 cm³/mol. The van der Waals surface area contributed by atoms with Crippen molar-refractivity contribution in [2.24, 2.45) is 5.90 Å². The van der Waals surface area contributed by atoms with Gasteiger partial charge in [-0.1, -0.05) is 17.7 Å². The topological polar surface area (TPSA) is 55.5 Å². The molecule has 3 nitrogen and oxygen atoms in total. The van der Waals surface area contributed by atoms with E-state index < -0.39 is 0 Å². The number of benzene rings is 1. The molecule has 0 heterocycles. The Labute approximate surface area is 82.0 Å². The Bertz CT molecular complexity index is 302. The quantitative estimate of drug-likeness (QED) is 0.734. The molecule has 0 unspecified atom stereocenters. The molecule has 0 atom stereocenters. The van der Waals surface area contributed by atoms with E-state index in [1.165, 1.54) is 0 Å². The third-order valence-electron chi connectivity index (χ3n) is 1.76. The van der Waals surface area contributed by atoms with E-state index in [9.17, 15) is 5.11 Å². The lowest BCUT2D eigenvalue weighted by atomic mass is 10.1. The van der Waals surface area contributed by atoms with Crippen molar-refractivity contribution >= 4 is 11.6 Å². The minimum atomic E-state index is 0.105. The Balaban J connectivity index is 2.92. The second kappa shape index (κ2) is 4.46. The van der Waals surface area contributed by atoms with Gasteiger partial charge >= 0.3 is 0 Å². The van der Waals surface area contributed by atoms with Crippen molar-refractivity contribution < 1.29 is 9.94 Å². The summed E-state index contributed by atoms with van der Waals surface area (Å²) in [4.78, 5) is 4.44. The molecule has 0 aromatic heterocycles. The SMILES string of the molecule is Cc1cc(O)c(Cl)c(CCON)c1. The van der Waals surface area contributed by atoms with Crippen LogP contribution in [0.4, 0.5) is 0 Å². The van der Waals surface area contributed by atoms with Crippen LogP contribution >= 0.6 is 11.6 Å². The zero-order chi connectivity index (χ0) is 9.84. The maximum atomic E-state index is 9.38. The van der Waals surface area contributed by atoms with Crippen LogP contribution in [0.5, 0.6) is 5.75 Å². The number of aromatic hydroxyl groups is 1. The van der Waals surface area contributed by atoms with Gasteiger partial charge in [0.05, 0.1) is 11.6 Å². The fraction of sp³-hybridized carbons (Fsp3) is 0.333. The lowest BCUT2D eigenvalue weighted by Crippen LogP contribution is -2.04. The first-order valence-electron chi connectivity index (χ1n) is 3.95. The first-order chi connectivity index (χ1) is 6.15. The number of phenolic OH excluding ortho intramolecular Hbond substituents is 1. The molecule has 0 spiro atoms. The van der Waals surface area contributed by atoms with Crippen molar-refractivity contribution in [3.63, 3.8) is 0 Å². The minimum absolute atomic E-state index is 0.105. The van der Waals surface area contributed by atoms with E-state index in [1.807, 2.05) is 13.0 Å². The Morgan fingerprint density at radius 3 is 2.85 bits per heavy atom. The molecule has 0 aliphatic rings. The molecule has 0 bridgehead atoms. The lowest BCUT2D eigenvalue weighted by molar-refractivity contribution is 0.141. The molecular weight excluding hydrogens is 190 g/mol. The summed E-state index contributed by atoms with van der Waals surface area (Å²) in [6.45, 7) is 2.28. The van der Waals surface area contributed by atoms with Crippen LogP contribution < -0.4 is 5.90 Å². The average Bonchev–Trinajstić information content (AvgIpc) is 2.09. The predicted octanol–water partition coefficient (Wildman–Crippen LogP) is 1.79. The van der Waals surface area contributed by atoms with E-state index in [4.69, 9.17) is 17.5 Å². The van der Waals surface area contributed by atoms with Gasteiger partial charge in [0.1, 0.15) is 5.75 Å². The van der Waals surface area contributed by atoms with Crippen LogP contribution in [0.15, 0.2) is 12.1 Å². The van der Waals surface area contributed by atoms with Gasteiger partial charge in [-0.3, -0.25) is 0 Å². The standard InChI is InChI=1S/C9H12ClNO2/c1-6-4-7(2-3-13-11)9(10)8(12)5-6/h4-5,12H,2-3,11H2,1H3. The summed E-state index contributed by atoms with van der Waals surface area (Å²) in [6.07, 6.45) is 0.602. The van der Waals surface area contributed by atoms with Crippen LogP contribution in [0.25, 0.3) is 0 Å². The Hall–Kier alpha value is -0.770. The average molecular weight is 202 g/mol. The summed E-state index contributed by atoms with van der Waals surface area (Å²) in [5.41, 5.74) is 1.82. The third kappa shape index (κ3) is 2.59. The number of halogens is 1. The normalized spacial score (nSPS) is 10.4. The first-order valence-corrected chi connectivity index (χ1v) is 4.32. The van der Waals surface area contributed by atoms with Crippen LogP contribution in [0.2, 0.25) is 5.02 Å². The molecule has 0 saturated carbocycles. The van der Waals surface area contributed by atoms with Crippen molar-refractivity contribution in [3.8, 4) is 5.75 Å². The van der Waals surface area contributed by atoms with Crippen molar-refractivity contribution in [2.45, 2.75) is 13.3 Å². The highest BCUT2D eigenvalue weighted by molar-refractivity contribution is 6.32. The van der Waals surface area contributed by atoms with Crippen molar-refractivity contribution in [1.82, 2.24) is 0 Å². The Morgan fingerprint density at radius 1 is 1.54 bits per heavy atom. The van der Waals surface area contributed by atoms with E-state index in [0.29, 0.717) is 18.1 Å². The van der Waals surface area contributed by atoms with Crippen LogP contribution in [0, 0.1) is 6.92 Å². The van der Waals surface area contributed by atoms with Gasteiger partial charge in [0.25, 0.3) is 0 Å². The molecule has 4 heteroatoms. The van der Waals surface area contributed by atoms with Crippen molar-refractivity contribution in [1.29, 1.82) is 0 Å². The van der Waals surface area contributed by atoms with Crippen LogP contribution in [0.3, 0.4) is 0 Å². The van der Waals surface area contributed by atoms with Gasteiger partial charge in [-0.05, 0) is 30.5 Å². The number of hydrogen-bond donors (Lipinski definition) is 2. The summed E-state index contributed by atoms with van der Waals surface area (Å²) in [7, 11) is 0. The van der Waals surface area contributed by atoms with E-state index in [-0.39, 0.29) is 5.75 Å². The van der Waals surface area contributed by atoms with Crippen LogP contribution in [-0.4, -0.2) is 11.7 Å². The minimum Gasteiger partial charge on any atom is -0.506 e. The second-order valence-corrected chi connectivity index (χ2v) is 3.26. The molecule has 0 radical (unpaired) electrons.